The number of nitrogens with zero attached hydrogens (tertiary/aromatic N) is 3. The van der Waals surface area contributed by atoms with E-state index in [0.717, 1.165) is 10.9 Å². The van der Waals surface area contributed by atoms with Gasteiger partial charge in [-0.1, -0.05) is 28.9 Å². The molecule has 2 aromatic carbocycles. The van der Waals surface area contributed by atoms with E-state index in [0.29, 0.717) is 45.8 Å². The maximum atomic E-state index is 12.8. The van der Waals surface area contributed by atoms with E-state index in [1.807, 2.05) is 49.7 Å². The summed E-state index contributed by atoms with van der Waals surface area (Å²) in [6, 6.07) is 10.9. The number of nitrogens with one attached hydrogen (secondary N) is 1. The summed E-state index contributed by atoms with van der Waals surface area (Å²) in [5.74, 6) is 0.635. The number of carbonyl (C=O) groups is 2. The standard InChI is InChI=1S/C26H27ClN4O5/c1-5-34-22(32)11-12-28-25(33)19-14-31(4)23-17(19)7-6-8-18(23)24-29-26(36-30-24)16-9-10-21(20(27)13-16)35-15(2)3/h6-10,13-15H,5,11-12H2,1-4H3,(H,28,33). The van der Waals surface area contributed by atoms with Gasteiger partial charge in [0.1, 0.15) is 5.75 Å². The molecule has 0 saturated heterocycles. The smallest absolute Gasteiger partial charge is 0.307 e. The minimum absolute atomic E-state index is 0.00123. The minimum Gasteiger partial charge on any atom is -0.489 e. The Morgan fingerprint density at radius 2 is 2.03 bits per heavy atom. The summed E-state index contributed by atoms with van der Waals surface area (Å²) in [7, 11) is 1.84. The summed E-state index contributed by atoms with van der Waals surface area (Å²) in [5, 5.41) is 8.12. The average molecular weight is 511 g/mol. The Balaban J connectivity index is 1.59. The summed E-state index contributed by atoms with van der Waals surface area (Å²) in [6.07, 6.45) is 1.84. The first-order chi connectivity index (χ1) is 17.3. The van der Waals surface area contributed by atoms with Crippen LogP contribution in [-0.2, 0) is 16.6 Å². The lowest BCUT2D eigenvalue weighted by atomic mass is 10.1. The van der Waals surface area contributed by atoms with Gasteiger partial charge in [0.15, 0.2) is 0 Å². The van der Waals surface area contributed by atoms with E-state index in [1.54, 1.807) is 25.3 Å². The average Bonchev–Trinajstić information content (AvgIpc) is 3.46. The zero-order chi connectivity index (χ0) is 25.8. The number of para-hydroxylation sites is 1. The molecule has 10 heteroatoms. The number of amides is 1. The summed E-state index contributed by atoms with van der Waals surface area (Å²) in [4.78, 5) is 28.9. The van der Waals surface area contributed by atoms with Gasteiger partial charge in [-0.3, -0.25) is 9.59 Å². The summed E-state index contributed by atoms with van der Waals surface area (Å²) in [5.41, 5.74) is 2.63. The Hall–Kier alpha value is -3.85. The number of aryl methyl sites for hydroxylation is 1. The Morgan fingerprint density at radius 1 is 1.22 bits per heavy atom. The van der Waals surface area contributed by atoms with Gasteiger partial charge in [-0.05, 0) is 45.0 Å². The van der Waals surface area contributed by atoms with Crippen molar-refractivity contribution in [3.05, 3.63) is 53.2 Å². The van der Waals surface area contributed by atoms with Crippen LogP contribution in [-0.4, -0.2) is 45.8 Å². The predicted octanol–water partition coefficient (Wildman–Crippen LogP) is 5.02. The van der Waals surface area contributed by atoms with Crippen LogP contribution in [0.3, 0.4) is 0 Å². The Labute approximate surface area is 213 Å². The molecule has 0 aliphatic heterocycles. The van der Waals surface area contributed by atoms with Gasteiger partial charge in [0.05, 0.1) is 35.2 Å². The minimum atomic E-state index is -0.353. The summed E-state index contributed by atoms with van der Waals surface area (Å²) < 4.78 is 18.0. The van der Waals surface area contributed by atoms with Gasteiger partial charge in [-0.2, -0.15) is 4.98 Å². The molecule has 1 amide bonds. The van der Waals surface area contributed by atoms with Gasteiger partial charge in [0.2, 0.25) is 5.82 Å². The van der Waals surface area contributed by atoms with Crippen LogP contribution in [0.5, 0.6) is 5.75 Å². The zero-order valence-electron chi connectivity index (χ0n) is 20.5. The Kier molecular flexibility index (Phi) is 7.59. The van der Waals surface area contributed by atoms with Crippen molar-refractivity contribution in [3.8, 4) is 28.6 Å². The lowest BCUT2D eigenvalue weighted by Crippen LogP contribution is -2.26. The van der Waals surface area contributed by atoms with E-state index in [-0.39, 0.29) is 30.9 Å². The zero-order valence-corrected chi connectivity index (χ0v) is 21.3. The summed E-state index contributed by atoms with van der Waals surface area (Å²) >= 11 is 6.37. The molecule has 0 atom stereocenters. The first kappa shape index (κ1) is 25.2. The number of esters is 1. The molecule has 2 heterocycles. The topological polar surface area (TPSA) is 108 Å². The third-order valence-corrected chi connectivity index (χ3v) is 5.67. The molecular weight excluding hydrogens is 484 g/mol. The van der Waals surface area contributed by atoms with Crippen molar-refractivity contribution < 1.29 is 23.6 Å². The molecule has 4 rings (SSSR count). The van der Waals surface area contributed by atoms with Crippen molar-refractivity contribution in [1.82, 2.24) is 20.0 Å². The second kappa shape index (κ2) is 10.8. The van der Waals surface area contributed by atoms with Crippen LogP contribution >= 0.6 is 11.6 Å². The molecule has 0 unspecified atom stereocenters. The van der Waals surface area contributed by atoms with Gasteiger partial charge >= 0.3 is 5.97 Å². The van der Waals surface area contributed by atoms with E-state index in [2.05, 4.69) is 15.5 Å². The lowest BCUT2D eigenvalue weighted by molar-refractivity contribution is -0.142. The molecule has 2 aromatic heterocycles. The van der Waals surface area contributed by atoms with Crippen LogP contribution in [0.2, 0.25) is 5.02 Å². The van der Waals surface area contributed by atoms with Crippen molar-refractivity contribution in [3.63, 3.8) is 0 Å². The molecule has 188 valence electrons. The number of rotatable bonds is 9. The van der Waals surface area contributed by atoms with Crippen LogP contribution in [0, 0.1) is 0 Å². The molecule has 0 aliphatic rings. The van der Waals surface area contributed by atoms with Crippen molar-refractivity contribution in [2.24, 2.45) is 7.05 Å². The van der Waals surface area contributed by atoms with Crippen LogP contribution in [0.4, 0.5) is 0 Å². The Bertz CT molecular complexity index is 1410. The fourth-order valence-electron chi connectivity index (χ4n) is 3.87. The van der Waals surface area contributed by atoms with E-state index in [1.165, 1.54) is 0 Å². The number of ether oxygens (including phenoxy) is 2. The largest absolute Gasteiger partial charge is 0.489 e. The van der Waals surface area contributed by atoms with E-state index < -0.39 is 0 Å². The van der Waals surface area contributed by atoms with Crippen LogP contribution in [0.1, 0.15) is 37.6 Å². The predicted molar refractivity (Wildman–Crippen MR) is 136 cm³/mol. The summed E-state index contributed by atoms with van der Waals surface area (Å²) in [6.45, 7) is 6.09. The lowest BCUT2D eigenvalue weighted by Gasteiger charge is -2.11. The van der Waals surface area contributed by atoms with Gasteiger partial charge in [-0.25, -0.2) is 0 Å². The first-order valence-electron chi connectivity index (χ1n) is 11.6. The van der Waals surface area contributed by atoms with Crippen LogP contribution < -0.4 is 10.1 Å². The molecule has 9 nitrogen and oxygen atoms in total. The molecular formula is C26H27ClN4O5. The second-order valence-electron chi connectivity index (χ2n) is 8.40. The highest BCUT2D eigenvalue weighted by molar-refractivity contribution is 6.32. The molecule has 4 aromatic rings. The fraction of sp³-hybridized carbons (Fsp3) is 0.308. The number of halogens is 1. The molecule has 0 radical (unpaired) electrons. The highest BCUT2D eigenvalue weighted by atomic mass is 35.5. The normalized spacial score (nSPS) is 11.2. The molecule has 36 heavy (non-hydrogen) atoms. The molecule has 0 spiro atoms. The number of aromatic nitrogens is 3. The first-order valence-corrected chi connectivity index (χ1v) is 12.0. The van der Waals surface area contributed by atoms with Crippen molar-refractivity contribution in [2.45, 2.75) is 33.3 Å². The van der Waals surface area contributed by atoms with Crippen molar-refractivity contribution in [2.75, 3.05) is 13.2 Å². The number of hydrogen-bond acceptors (Lipinski definition) is 7. The monoisotopic (exact) mass is 510 g/mol. The van der Waals surface area contributed by atoms with Gasteiger partial charge in [0, 0.05) is 36.3 Å². The maximum absolute atomic E-state index is 12.8. The van der Waals surface area contributed by atoms with Gasteiger partial charge in [-0.15, -0.1) is 0 Å². The second-order valence-corrected chi connectivity index (χ2v) is 8.81. The number of fused-ring (bicyclic) bond motifs is 1. The quantitative estimate of drug-likeness (QED) is 0.315. The molecule has 0 bridgehead atoms. The van der Waals surface area contributed by atoms with Crippen molar-refractivity contribution >= 4 is 34.4 Å². The number of hydrogen-bond donors (Lipinski definition) is 1. The van der Waals surface area contributed by atoms with Crippen LogP contribution in [0.25, 0.3) is 33.7 Å². The van der Waals surface area contributed by atoms with E-state index >= 15 is 0 Å². The van der Waals surface area contributed by atoms with E-state index in [4.69, 9.17) is 25.6 Å². The third kappa shape index (κ3) is 5.36. The molecule has 1 N–H and O–H groups in total. The maximum Gasteiger partial charge on any atom is 0.307 e. The molecule has 0 saturated carbocycles. The highest BCUT2D eigenvalue weighted by Gasteiger charge is 2.20. The Morgan fingerprint density at radius 3 is 2.75 bits per heavy atom. The van der Waals surface area contributed by atoms with Gasteiger partial charge in [0.25, 0.3) is 11.8 Å². The van der Waals surface area contributed by atoms with Crippen LogP contribution in [0.15, 0.2) is 47.1 Å². The molecule has 0 fully saturated rings. The number of carbonyl (C=O) groups excluding carboxylic acids is 2. The van der Waals surface area contributed by atoms with Gasteiger partial charge < -0.3 is 23.9 Å². The molecule has 0 aliphatic carbocycles. The SMILES string of the molecule is CCOC(=O)CCNC(=O)c1cn(C)c2c(-c3noc(-c4ccc(OC(C)C)c(Cl)c4)n3)cccc12. The van der Waals surface area contributed by atoms with Crippen molar-refractivity contribution in [1.29, 1.82) is 0 Å². The highest BCUT2D eigenvalue weighted by Crippen LogP contribution is 2.33. The fourth-order valence-corrected chi connectivity index (χ4v) is 4.10. The third-order valence-electron chi connectivity index (χ3n) is 5.37. The van der Waals surface area contributed by atoms with E-state index in [9.17, 15) is 9.59 Å². The number of benzene rings is 2.